The van der Waals surface area contributed by atoms with E-state index in [-0.39, 0.29) is 5.97 Å². The number of aryl methyl sites for hydroxylation is 2. The summed E-state index contributed by atoms with van der Waals surface area (Å²) in [6.07, 6.45) is 5.66. The van der Waals surface area contributed by atoms with Crippen LogP contribution in [0.1, 0.15) is 52.5 Å². The maximum Gasteiger partial charge on any atom is 0.337 e. The van der Waals surface area contributed by atoms with Crippen LogP contribution in [0.5, 0.6) is 0 Å². The fourth-order valence-electron chi connectivity index (χ4n) is 4.90. The number of aromatic nitrogens is 1. The quantitative estimate of drug-likeness (QED) is 0.669. The van der Waals surface area contributed by atoms with E-state index in [1.54, 1.807) is 0 Å². The predicted molar refractivity (Wildman–Crippen MR) is 107 cm³/mol. The Morgan fingerprint density at radius 1 is 1.15 bits per heavy atom. The number of H-pyrrole nitrogens is 1. The summed E-state index contributed by atoms with van der Waals surface area (Å²) in [7, 11) is 1.44. The molecule has 0 fully saturated rings. The number of anilines is 1. The second-order valence-electron chi connectivity index (χ2n) is 7.60. The zero-order valence-corrected chi connectivity index (χ0v) is 15.6. The molecule has 0 radical (unpaired) electrons. The monoisotopic (exact) mass is 360 g/mol. The van der Waals surface area contributed by atoms with Crippen LogP contribution in [0.2, 0.25) is 0 Å². The van der Waals surface area contributed by atoms with E-state index < -0.39 is 0 Å². The summed E-state index contributed by atoms with van der Waals surface area (Å²) in [5.41, 5.74) is 7.28. The van der Waals surface area contributed by atoms with Crippen molar-refractivity contribution in [1.29, 1.82) is 0 Å². The minimum Gasteiger partial charge on any atom is -0.465 e. The van der Waals surface area contributed by atoms with Gasteiger partial charge in [0.2, 0.25) is 0 Å². The number of carbonyl (C=O) groups is 1. The third-order valence-corrected chi connectivity index (χ3v) is 6.12. The first kappa shape index (κ1) is 16.4. The van der Waals surface area contributed by atoms with Gasteiger partial charge in [0.1, 0.15) is 0 Å². The Balaban J connectivity index is 1.57. The minimum absolute atomic E-state index is 0.259. The number of rotatable bonds is 2. The number of aromatic amines is 1. The van der Waals surface area contributed by atoms with Gasteiger partial charge in [-0.05, 0) is 67.5 Å². The number of carbonyl (C=O) groups excluding carboxylic acids is 1. The van der Waals surface area contributed by atoms with Crippen molar-refractivity contribution in [2.24, 2.45) is 0 Å². The van der Waals surface area contributed by atoms with Gasteiger partial charge < -0.3 is 14.6 Å². The number of nitrogens with one attached hydrogen (secondary N) is 1. The Morgan fingerprint density at radius 2 is 2.04 bits per heavy atom. The van der Waals surface area contributed by atoms with E-state index >= 15 is 0 Å². The Hall–Kier alpha value is -2.75. The molecule has 138 valence electrons. The van der Waals surface area contributed by atoms with Crippen LogP contribution in [-0.4, -0.2) is 24.6 Å². The number of nitrogens with zero attached hydrogens (tertiary/aromatic N) is 1. The molecule has 2 aromatic carbocycles. The molecule has 1 aliphatic heterocycles. The molecular formula is C23H24N2O2. The summed E-state index contributed by atoms with van der Waals surface area (Å²) < 4.78 is 4.89. The zero-order chi connectivity index (χ0) is 18.4. The van der Waals surface area contributed by atoms with E-state index in [1.165, 1.54) is 46.9 Å². The first-order valence-corrected chi connectivity index (χ1v) is 9.83. The second kappa shape index (κ2) is 6.45. The molecular weight excluding hydrogens is 336 g/mol. The van der Waals surface area contributed by atoms with Crippen LogP contribution in [0.3, 0.4) is 0 Å². The van der Waals surface area contributed by atoms with Crippen LogP contribution in [0.4, 0.5) is 5.69 Å². The van der Waals surface area contributed by atoms with Crippen molar-refractivity contribution in [3.63, 3.8) is 0 Å². The summed E-state index contributed by atoms with van der Waals surface area (Å²) >= 11 is 0. The molecule has 2 aliphatic rings. The molecule has 0 saturated heterocycles. The summed E-state index contributed by atoms with van der Waals surface area (Å²) in [6.45, 7) is 1.06. The van der Waals surface area contributed by atoms with Gasteiger partial charge in [0.25, 0.3) is 0 Å². The molecule has 4 nitrogen and oxygen atoms in total. The van der Waals surface area contributed by atoms with Gasteiger partial charge in [0.05, 0.1) is 18.7 Å². The lowest BCUT2D eigenvalue weighted by molar-refractivity contribution is 0.0600. The number of fused-ring (bicyclic) bond motifs is 4. The van der Waals surface area contributed by atoms with Crippen molar-refractivity contribution in [1.82, 2.24) is 4.98 Å². The average molecular weight is 360 g/mol. The summed E-state index contributed by atoms with van der Waals surface area (Å²) in [4.78, 5) is 18.2. The van der Waals surface area contributed by atoms with Crippen LogP contribution in [0.25, 0.3) is 10.9 Å². The highest BCUT2D eigenvalue weighted by molar-refractivity contribution is 5.90. The van der Waals surface area contributed by atoms with Gasteiger partial charge in [0, 0.05) is 28.8 Å². The number of hydrogen-bond donors (Lipinski definition) is 1. The van der Waals surface area contributed by atoms with E-state index in [1.807, 2.05) is 12.1 Å². The number of hydrogen-bond acceptors (Lipinski definition) is 3. The van der Waals surface area contributed by atoms with Crippen LogP contribution in [0.15, 0.2) is 42.5 Å². The van der Waals surface area contributed by atoms with Crippen LogP contribution < -0.4 is 4.90 Å². The van der Waals surface area contributed by atoms with E-state index in [9.17, 15) is 4.79 Å². The highest BCUT2D eigenvalue weighted by Gasteiger charge is 2.31. The number of ether oxygens (including phenoxy) is 1. The van der Waals surface area contributed by atoms with Gasteiger partial charge in [-0.25, -0.2) is 4.79 Å². The molecule has 4 heteroatoms. The van der Waals surface area contributed by atoms with Crippen LogP contribution in [-0.2, 0) is 17.6 Å². The number of esters is 1. The SMILES string of the molecule is COC(=O)c1ccc2c(c1)CCCN2C1CCCc2c1[nH]c1ccccc21. The standard InChI is InChI=1S/C23H24N2O2/c1-27-23(26)16-11-12-20-15(14-16)6-5-13-25(20)21-10-4-8-18-17-7-2-3-9-19(17)24-22(18)21/h2-3,7,9,11-12,14,21,24H,4-6,8,10,13H2,1H3. The Labute approximate surface area is 159 Å². The largest absolute Gasteiger partial charge is 0.465 e. The molecule has 3 aromatic rings. The normalized spacial score (nSPS) is 18.9. The van der Waals surface area contributed by atoms with E-state index in [0.29, 0.717) is 11.6 Å². The van der Waals surface area contributed by atoms with Crippen LogP contribution >= 0.6 is 0 Å². The minimum atomic E-state index is -0.259. The highest BCUT2D eigenvalue weighted by Crippen LogP contribution is 2.42. The number of methoxy groups -OCH3 is 1. The molecule has 0 amide bonds. The van der Waals surface area contributed by atoms with E-state index in [0.717, 1.165) is 32.2 Å². The van der Waals surface area contributed by atoms with Crippen molar-refractivity contribution in [2.75, 3.05) is 18.6 Å². The Morgan fingerprint density at radius 3 is 2.93 bits per heavy atom. The van der Waals surface area contributed by atoms with Crippen molar-refractivity contribution in [3.8, 4) is 0 Å². The second-order valence-corrected chi connectivity index (χ2v) is 7.60. The topological polar surface area (TPSA) is 45.3 Å². The van der Waals surface area contributed by atoms with Gasteiger partial charge in [-0.2, -0.15) is 0 Å². The molecule has 0 spiro atoms. The molecule has 1 unspecified atom stereocenters. The Kier molecular flexibility index (Phi) is 3.92. The molecule has 0 saturated carbocycles. The fourth-order valence-corrected chi connectivity index (χ4v) is 4.90. The van der Waals surface area contributed by atoms with Crippen molar-refractivity contribution >= 4 is 22.6 Å². The molecule has 1 atom stereocenters. The van der Waals surface area contributed by atoms with Gasteiger partial charge in [-0.15, -0.1) is 0 Å². The maximum atomic E-state index is 11.9. The van der Waals surface area contributed by atoms with Crippen molar-refractivity contribution < 1.29 is 9.53 Å². The first-order valence-electron chi connectivity index (χ1n) is 9.83. The average Bonchev–Trinajstić information content (AvgIpc) is 3.11. The van der Waals surface area contributed by atoms with Gasteiger partial charge in [0.15, 0.2) is 0 Å². The predicted octanol–water partition coefficient (Wildman–Crippen LogP) is 4.78. The van der Waals surface area contributed by atoms with Crippen LogP contribution in [0, 0.1) is 0 Å². The summed E-state index contributed by atoms with van der Waals surface area (Å²) in [5, 5.41) is 1.37. The molecule has 27 heavy (non-hydrogen) atoms. The van der Waals surface area contributed by atoms with Gasteiger partial charge in [-0.1, -0.05) is 18.2 Å². The zero-order valence-electron chi connectivity index (χ0n) is 15.6. The molecule has 1 aromatic heterocycles. The van der Waals surface area contributed by atoms with E-state index in [4.69, 9.17) is 4.74 Å². The Bertz CT molecular complexity index is 1020. The van der Waals surface area contributed by atoms with Gasteiger partial charge in [-0.3, -0.25) is 0 Å². The summed E-state index contributed by atoms with van der Waals surface area (Å²) in [6, 6.07) is 15.0. The maximum absolute atomic E-state index is 11.9. The van der Waals surface area contributed by atoms with Gasteiger partial charge >= 0.3 is 5.97 Å². The highest BCUT2D eigenvalue weighted by atomic mass is 16.5. The molecule has 2 heterocycles. The fraction of sp³-hybridized carbons (Fsp3) is 0.348. The smallest absolute Gasteiger partial charge is 0.337 e. The third kappa shape index (κ3) is 2.62. The molecule has 1 N–H and O–H groups in total. The number of benzene rings is 2. The lowest BCUT2D eigenvalue weighted by Crippen LogP contribution is -2.35. The van der Waals surface area contributed by atoms with Crippen molar-refractivity contribution in [2.45, 2.75) is 38.1 Å². The lowest BCUT2D eigenvalue weighted by Gasteiger charge is -2.40. The third-order valence-electron chi connectivity index (χ3n) is 6.12. The number of para-hydroxylation sites is 1. The lowest BCUT2D eigenvalue weighted by atomic mass is 9.88. The first-order chi connectivity index (χ1) is 13.3. The van der Waals surface area contributed by atoms with Crippen molar-refractivity contribution in [3.05, 3.63) is 64.8 Å². The molecule has 5 rings (SSSR count). The molecule has 0 bridgehead atoms. The molecule has 1 aliphatic carbocycles. The van der Waals surface area contributed by atoms with E-state index in [2.05, 4.69) is 40.2 Å². The summed E-state index contributed by atoms with van der Waals surface area (Å²) in [5.74, 6) is -0.259.